The molecule has 0 unspecified atom stereocenters. The molecule has 0 radical (unpaired) electrons. The van der Waals surface area contributed by atoms with Crippen LogP contribution in [0.2, 0.25) is 0 Å². The number of benzene rings is 2. The van der Waals surface area contributed by atoms with E-state index in [4.69, 9.17) is 14.6 Å². The minimum absolute atomic E-state index is 0.231. The molecule has 2 aromatic rings. The van der Waals surface area contributed by atoms with E-state index in [1.807, 2.05) is 24.3 Å². The van der Waals surface area contributed by atoms with Gasteiger partial charge in [0, 0.05) is 9.79 Å². The number of hydrogen-bond acceptors (Lipinski definition) is 5. The van der Waals surface area contributed by atoms with Gasteiger partial charge in [-0.05, 0) is 55.0 Å². The third-order valence-electron chi connectivity index (χ3n) is 3.21. The smallest absolute Gasteiger partial charge is 0.338 e. The second kappa shape index (κ2) is 8.40. The van der Waals surface area contributed by atoms with Gasteiger partial charge in [-0.3, -0.25) is 4.79 Å². The van der Waals surface area contributed by atoms with Crippen LogP contribution in [-0.4, -0.2) is 30.8 Å². The average Bonchev–Trinajstić information content (AvgIpc) is 2.55. The molecule has 0 bridgehead atoms. The van der Waals surface area contributed by atoms with Crippen molar-refractivity contribution < 1.29 is 24.2 Å². The van der Waals surface area contributed by atoms with E-state index in [-0.39, 0.29) is 13.0 Å². The Morgan fingerprint density at radius 3 is 2.33 bits per heavy atom. The Morgan fingerprint density at radius 2 is 1.75 bits per heavy atom. The summed E-state index contributed by atoms with van der Waals surface area (Å²) in [6, 6.07) is 12.7. The molecule has 2 rings (SSSR count). The van der Waals surface area contributed by atoms with Gasteiger partial charge in [-0.25, -0.2) is 4.79 Å². The van der Waals surface area contributed by atoms with Crippen LogP contribution in [0, 0.1) is 0 Å². The zero-order valence-electron chi connectivity index (χ0n) is 13.4. The number of hydrogen-bond donors (Lipinski definition) is 1. The average molecular weight is 346 g/mol. The van der Waals surface area contributed by atoms with Crippen LogP contribution >= 0.6 is 11.8 Å². The first-order chi connectivity index (χ1) is 11.5. The van der Waals surface area contributed by atoms with Gasteiger partial charge < -0.3 is 14.6 Å². The molecule has 0 amide bonds. The Labute approximate surface area is 144 Å². The number of rotatable bonds is 7. The monoisotopic (exact) mass is 346 g/mol. The fourth-order valence-electron chi connectivity index (χ4n) is 2.13. The number of carbonyl (C=O) groups excluding carboxylic acids is 1. The number of esters is 1. The normalized spacial score (nSPS) is 10.2. The van der Waals surface area contributed by atoms with Crippen molar-refractivity contribution in [2.45, 2.75) is 23.1 Å². The highest BCUT2D eigenvalue weighted by Gasteiger charge is 2.15. The molecule has 6 heteroatoms. The second-order valence-electron chi connectivity index (χ2n) is 4.89. The molecular weight excluding hydrogens is 328 g/mol. The summed E-state index contributed by atoms with van der Waals surface area (Å²) in [5.41, 5.74) is 0.734. The molecule has 0 saturated carbocycles. The summed E-state index contributed by atoms with van der Waals surface area (Å²) in [4.78, 5) is 24.9. The van der Waals surface area contributed by atoms with Gasteiger partial charge in [0.1, 0.15) is 5.75 Å². The number of ether oxygens (including phenoxy) is 2. The number of carbonyl (C=O) groups is 2. The van der Waals surface area contributed by atoms with E-state index in [1.54, 1.807) is 32.2 Å². The molecule has 24 heavy (non-hydrogen) atoms. The summed E-state index contributed by atoms with van der Waals surface area (Å²) in [7, 11) is 1.61. The van der Waals surface area contributed by atoms with E-state index in [0.717, 1.165) is 15.5 Å². The largest absolute Gasteiger partial charge is 0.497 e. The van der Waals surface area contributed by atoms with Crippen molar-refractivity contribution >= 4 is 23.7 Å². The Balaban J connectivity index is 2.26. The number of aliphatic carboxylic acids is 1. The first-order valence-electron chi connectivity index (χ1n) is 7.37. The molecule has 0 aliphatic heterocycles. The lowest BCUT2D eigenvalue weighted by Crippen LogP contribution is -2.11. The highest BCUT2D eigenvalue weighted by molar-refractivity contribution is 7.99. The van der Waals surface area contributed by atoms with E-state index < -0.39 is 11.9 Å². The Morgan fingerprint density at radius 1 is 1.08 bits per heavy atom. The molecular formula is C18H18O5S. The Hall–Kier alpha value is -2.47. The van der Waals surface area contributed by atoms with Crippen molar-refractivity contribution in [3.05, 3.63) is 53.6 Å². The molecule has 0 fully saturated rings. The van der Waals surface area contributed by atoms with Crippen molar-refractivity contribution in [1.29, 1.82) is 0 Å². The summed E-state index contributed by atoms with van der Waals surface area (Å²) < 4.78 is 10.1. The first kappa shape index (κ1) is 17.9. The fraction of sp³-hybridized carbons (Fsp3) is 0.222. The lowest BCUT2D eigenvalue weighted by Gasteiger charge is -2.10. The van der Waals surface area contributed by atoms with E-state index in [0.29, 0.717) is 11.1 Å². The van der Waals surface area contributed by atoms with Crippen LogP contribution in [-0.2, 0) is 16.0 Å². The lowest BCUT2D eigenvalue weighted by molar-refractivity contribution is -0.136. The highest BCUT2D eigenvalue weighted by Crippen LogP contribution is 2.30. The van der Waals surface area contributed by atoms with Crippen LogP contribution in [0.3, 0.4) is 0 Å². The van der Waals surface area contributed by atoms with E-state index in [9.17, 15) is 9.59 Å². The minimum Gasteiger partial charge on any atom is -0.497 e. The van der Waals surface area contributed by atoms with Gasteiger partial charge in [0.15, 0.2) is 0 Å². The molecule has 0 aliphatic carbocycles. The molecule has 5 nitrogen and oxygen atoms in total. The zero-order valence-corrected chi connectivity index (χ0v) is 14.3. The SMILES string of the molecule is CCOC(=O)c1ccc(Sc2ccc(OC)cc2)cc1CC(=O)O. The van der Waals surface area contributed by atoms with Crippen molar-refractivity contribution in [1.82, 2.24) is 0 Å². The van der Waals surface area contributed by atoms with Gasteiger partial charge in [-0.2, -0.15) is 0 Å². The summed E-state index contributed by atoms with van der Waals surface area (Å²) in [5.74, 6) is -0.731. The number of carboxylic acid groups (broad SMARTS) is 1. The molecule has 126 valence electrons. The van der Waals surface area contributed by atoms with Gasteiger partial charge in [0.2, 0.25) is 0 Å². The molecule has 0 aromatic heterocycles. The lowest BCUT2D eigenvalue weighted by atomic mass is 10.0. The molecule has 1 N–H and O–H groups in total. The Kier molecular flexibility index (Phi) is 6.26. The van der Waals surface area contributed by atoms with Crippen LogP contribution in [0.15, 0.2) is 52.3 Å². The van der Waals surface area contributed by atoms with Gasteiger partial charge in [0.05, 0.1) is 25.7 Å². The summed E-state index contributed by atoms with van der Waals surface area (Å²) >= 11 is 1.48. The van der Waals surface area contributed by atoms with Crippen molar-refractivity contribution in [3.63, 3.8) is 0 Å². The van der Waals surface area contributed by atoms with Crippen LogP contribution in [0.4, 0.5) is 0 Å². The second-order valence-corrected chi connectivity index (χ2v) is 6.03. The standard InChI is InChI=1S/C18H18O5S/c1-3-23-18(21)16-9-8-15(10-12(16)11-17(19)20)24-14-6-4-13(22-2)5-7-14/h4-10H,3,11H2,1-2H3,(H,19,20). The predicted octanol–water partition coefficient (Wildman–Crippen LogP) is 3.65. The summed E-state index contributed by atoms with van der Waals surface area (Å²) in [6.07, 6.45) is -0.231. The topological polar surface area (TPSA) is 72.8 Å². The summed E-state index contributed by atoms with van der Waals surface area (Å²) in [6.45, 7) is 1.95. The van der Waals surface area contributed by atoms with E-state index in [2.05, 4.69) is 0 Å². The van der Waals surface area contributed by atoms with Crippen molar-refractivity contribution in [2.75, 3.05) is 13.7 Å². The van der Waals surface area contributed by atoms with Crippen LogP contribution in [0.1, 0.15) is 22.8 Å². The highest BCUT2D eigenvalue weighted by atomic mass is 32.2. The molecule has 0 heterocycles. The molecule has 0 saturated heterocycles. The summed E-state index contributed by atoms with van der Waals surface area (Å²) in [5, 5.41) is 9.07. The van der Waals surface area contributed by atoms with Crippen molar-refractivity contribution in [2.24, 2.45) is 0 Å². The Bertz CT molecular complexity index is 725. The van der Waals surface area contributed by atoms with Gasteiger partial charge in [-0.15, -0.1) is 0 Å². The predicted molar refractivity (Wildman–Crippen MR) is 90.9 cm³/mol. The van der Waals surface area contributed by atoms with E-state index in [1.165, 1.54) is 11.8 Å². The third-order valence-corrected chi connectivity index (χ3v) is 4.21. The maximum absolute atomic E-state index is 12.0. The molecule has 0 spiro atoms. The fourth-order valence-corrected chi connectivity index (χ4v) is 3.01. The number of carboxylic acids is 1. The third kappa shape index (κ3) is 4.76. The van der Waals surface area contributed by atoms with Crippen molar-refractivity contribution in [3.8, 4) is 5.75 Å². The maximum Gasteiger partial charge on any atom is 0.338 e. The van der Waals surface area contributed by atoms with Gasteiger partial charge >= 0.3 is 11.9 Å². The van der Waals surface area contributed by atoms with E-state index >= 15 is 0 Å². The molecule has 0 atom stereocenters. The van der Waals surface area contributed by atoms with Crippen LogP contribution in [0.25, 0.3) is 0 Å². The first-order valence-corrected chi connectivity index (χ1v) is 8.19. The molecule has 0 aliphatic rings. The quantitative estimate of drug-likeness (QED) is 0.772. The molecule has 2 aromatic carbocycles. The maximum atomic E-state index is 12.0. The van der Waals surface area contributed by atoms with Gasteiger partial charge in [0.25, 0.3) is 0 Å². The minimum atomic E-state index is -0.993. The van der Waals surface area contributed by atoms with Gasteiger partial charge in [-0.1, -0.05) is 11.8 Å². The zero-order chi connectivity index (χ0) is 17.5. The number of methoxy groups -OCH3 is 1. The van der Waals surface area contributed by atoms with Crippen LogP contribution < -0.4 is 4.74 Å². The van der Waals surface area contributed by atoms with Crippen LogP contribution in [0.5, 0.6) is 5.75 Å².